The number of hydrogen-bond donors (Lipinski definition) is 0. The maximum atomic E-state index is 12.9. The van der Waals surface area contributed by atoms with Crippen LogP contribution in [0.15, 0.2) is 0 Å². The van der Waals surface area contributed by atoms with Crippen molar-refractivity contribution in [2.75, 3.05) is 0 Å². The van der Waals surface area contributed by atoms with Crippen molar-refractivity contribution >= 4 is 16.1 Å². The van der Waals surface area contributed by atoms with Gasteiger partial charge in [-0.05, 0) is 38.0 Å². The normalized spacial score (nSPS) is 39.9. The van der Waals surface area contributed by atoms with Crippen molar-refractivity contribution in [2.45, 2.75) is 71.3 Å². The van der Waals surface area contributed by atoms with E-state index in [9.17, 15) is 13.2 Å². The summed E-state index contributed by atoms with van der Waals surface area (Å²) in [6.45, 7) is 10.2. The molecule has 6 atom stereocenters. The Morgan fingerprint density at radius 1 is 1.26 bits per heavy atom. The summed E-state index contributed by atoms with van der Waals surface area (Å²) < 4.78 is 35.2. The van der Waals surface area contributed by atoms with Gasteiger partial charge in [-0.1, -0.05) is 27.7 Å². The molecule has 0 amide bonds. The lowest BCUT2D eigenvalue weighted by Gasteiger charge is -2.35. The highest BCUT2D eigenvalue weighted by atomic mass is 32.2. The van der Waals surface area contributed by atoms with Crippen LogP contribution < -0.4 is 0 Å². The van der Waals surface area contributed by atoms with E-state index in [-0.39, 0.29) is 29.0 Å². The highest BCUT2D eigenvalue weighted by Gasteiger charge is 2.65. The van der Waals surface area contributed by atoms with Gasteiger partial charge in [0.2, 0.25) is 0 Å². The molecule has 23 heavy (non-hydrogen) atoms. The van der Waals surface area contributed by atoms with Crippen LogP contribution in [0.2, 0.25) is 0 Å². The molecule has 1 aliphatic heterocycles. The number of hydrogen-bond acceptors (Lipinski definition) is 5. The number of carbonyl (C=O) groups excluding carboxylic acids is 1. The predicted molar refractivity (Wildman–Crippen MR) is 86.1 cm³/mol. The van der Waals surface area contributed by atoms with Gasteiger partial charge in [0.05, 0.1) is 10.7 Å². The average Bonchev–Trinajstić information content (AvgIpc) is 3.01. The van der Waals surface area contributed by atoms with Gasteiger partial charge < -0.3 is 4.74 Å². The van der Waals surface area contributed by atoms with Crippen molar-refractivity contribution < 1.29 is 22.1 Å². The highest BCUT2D eigenvalue weighted by Crippen LogP contribution is 2.55. The summed E-state index contributed by atoms with van der Waals surface area (Å²) in [5.74, 6) is 0.493. The summed E-state index contributed by atoms with van der Waals surface area (Å²) >= 11 is 0. The van der Waals surface area contributed by atoms with Crippen molar-refractivity contribution in [3.63, 3.8) is 0 Å². The first-order valence-corrected chi connectivity index (χ1v) is 10.2. The molecule has 1 saturated heterocycles. The second-order valence-electron chi connectivity index (χ2n) is 8.53. The first-order chi connectivity index (χ1) is 10.6. The van der Waals surface area contributed by atoms with Crippen LogP contribution >= 0.6 is 0 Å². The molecule has 3 aliphatic rings. The molecule has 2 bridgehead atoms. The van der Waals surface area contributed by atoms with Crippen molar-refractivity contribution in [3.05, 3.63) is 0 Å². The Bertz CT molecular complexity index is 596. The number of fused-ring (bicyclic) bond motifs is 1. The fraction of sp³-hybridized carbons (Fsp3) is 0.941. The minimum Gasteiger partial charge on any atom is -0.459 e. The van der Waals surface area contributed by atoms with Gasteiger partial charge in [-0.3, -0.25) is 8.98 Å². The van der Waals surface area contributed by atoms with E-state index in [1.807, 2.05) is 20.8 Å². The lowest BCUT2D eigenvalue weighted by Crippen LogP contribution is -2.43. The Morgan fingerprint density at radius 3 is 2.48 bits per heavy atom. The lowest BCUT2D eigenvalue weighted by atomic mass is 9.73. The second-order valence-corrected chi connectivity index (χ2v) is 10.3. The predicted octanol–water partition coefficient (Wildman–Crippen LogP) is 2.74. The Hall–Kier alpha value is -0.620. The molecule has 2 saturated carbocycles. The number of ether oxygens (including phenoxy) is 1. The maximum absolute atomic E-state index is 12.9. The van der Waals surface area contributed by atoms with E-state index in [0.29, 0.717) is 12.3 Å². The molecule has 5 nitrogen and oxygen atoms in total. The van der Waals surface area contributed by atoms with Gasteiger partial charge in [0.25, 0.3) is 10.1 Å². The minimum absolute atomic E-state index is 0.0122. The van der Waals surface area contributed by atoms with Crippen molar-refractivity contribution in [2.24, 2.45) is 29.1 Å². The van der Waals surface area contributed by atoms with Crippen molar-refractivity contribution in [1.29, 1.82) is 0 Å². The van der Waals surface area contributed by atoms with Crippen LogP contribution in [0.25, 0.3) is 0 Å². The van der Waals surface area contributed by atoms with E-state index in [0.717, 1.165) is 12.8 Å². The molecular weight excluding hydrogens is 316 g/mol. The van der Waals surface area contributed by atoms with Gasteiger partial charge in [0.15, 0.2) is 0 Å². The highest BCUT2D eigenvalue weighted by molar-refractivity contribution is 7.87. The van der Waals surface area contributed by atoms with Crippen LogP contribution in [0.5, 0.6) is 0 Å². The third-order valence-electron chi connectivity index (χ3n) is 6.23. The second kappa shape index (κ2) is 5.45. The summed E-state index contributed by atoms with van der Waals surface area (Å²) in [5.41, 5.74) is -0.549. The van der Waals surface area contributed by atoms with Gasteiger partial charge in [0.1, 0.15) is 12.2 Å². The van der Waals surface area contributed by atoms with E-state index in [1.54, 1.807) is 0 Å². The largest absolute Gasteiger partial charge is 0.459 e. The van der Waals surface area contributed by atoms with Crippen LogP contribution in [0.1, 0.15) is 53.9 Å². The Balaban J connectivity index is 1.76. The molecule has 6 unspecified atom stereocenters. The van der Waals surface area contributed by atoms with E-state index in [1.165, 1.54) is 0 Å². The summed E-state index contributed by atoms with van der Waals surface area (Å²) in [7, 11) is -3.46. The number of carbonyl (C=O) groups is 1. The molecule has 0 spiro atoms. The first kappa shape index (κ1) is 17.2. The molecule has 2 aliphatic carbocycles. The zero-order valence-corrected chi connectivity index (χ0v) is 15.4. The molecule has 0 N–H and O–H groups in total. The SMILES string of the molecule is CC(C)CC(C)(C(=O)OC1C2CC3C1OS(=O)(=O)C3C2)C(C)C. The fourth-order valence-corrected chi connectivity index (χ4v) is 6.59. The molecule has 0 radical (unpaired) electrons. The number of esters is 1. The average molecular weight is 344 g/mol. The summed E-state index contributed by atoms with van der Waals surface area (Å²) in [6.07, 6.45) is 1.28. The van der Waals surface area contributed by atoms with E-state index >= 15 is 0 Å². The molecule has 0 aromatic heterocycles. The zero-order chi connectivity index (χ0) is 17.2. The Kier molecular flexibility index (Phi) is 4.08. The van der Waals surface area contributed by atoms with E-state index < -0.39 is 27.7 Å². The van der Waals surface area contributed by atoms with Gasteiger partial charge in [-0.15, -0.1) is 0 Å². The standard InChI is InChI=1S/C17H28O5S/c1-9(2)8-17(5,10(3)4)16(18)21-14-11-6-12-13(7-11)23(19,20)22-15(12)14/h9-15H,6-8H2,1-5H3. The van der Waals surface area contributed by atoms with Crippen LogP contribution in [0.3, 0.4) is 0 Å². The quantitative estimate of drug-likeness (QED) is 0.566. The van der Waals surface area contributed by atoms with Gasteiger partial charge >= 0.3 is 5.97 Å². The van der Waals surface area contributed by atoms with Crippen LogP contribution in [-0.4, -0.2) is 31.8 Å². The first-order valence-electron chi connectivity index (χ1n) is 8.69. The Labute approximate surface area is 139 Å². The van der Waals surface area contributed by atoms with Gasteiger partial charge in [-0.2, -0.15) is 8.42 Å². The zero-order valence-electron chi connectivity index (χ0n) is 14.6. The lowest BCUT2D eigenvalue weighted by molar-refractivity contribution is -0.171. The van der Waals surface area contributed by atoms with Crippen LogP contribution in [-0.2, 0) is 23.8 Å². The summed E-state index contributed by atoms with van der Waals surface area (Å²) in [6, 6.07) is 0. The van der Waals surface area contributed by atoms with Crippen LogP contribution in [0, 0.1) is 29.1 Å². The molecular formula is C17H28O5S. The third-order valence-corrected chi connectivity index (χ3v) is 8.00. The summed E-state index contributed by atoms with van der Waals surface area (Å²) in [5, 5.41) is -0.375. The molecule has 132 valence electrons. The smallest absolute Gasteiger partial charge is 0.312 e. The van der Waals surface area contributed by atoms with Crippen molar-refractivity contribution in [3.8, 4) is 0 Å². The molecule has 0 aromatic carbocycles. The Morgan fingerprint density at radius 2 is 1.91 bits per heavy atom. The maximum Gasteiger partial charge on any atom is 0.312 e. The number of rotatable bonds is 5. The minimum atomic E-state index is -3.46. The van der Waals surface area contributed by atoms with E-state index in [2.05, 4.69) is 13.8 Å². The molecule has 6 heteroatoms. The third kappa shape index (κ3) is 2.62. The topological polar surface area (TPSA) is 69.7 Å². The monoisotopic (exact) mass is 344 g/mol. The summed E-state index contributed by atoms with van der Waals surface area (Å²) in [4.78, 5) is 12.9. The molecule has 3 rings (SSSR count). The molecule has 1 heterocycles. The van der Waals surface area contributed by atoms with Crippen molar-refractivity contribution in [1.82, 2.24) is 0 Å². The van der Waals surface area contributed by atoms with Gasteiger partial charge in [-0.25, -0.2) is 0 Å². The van der Waals surface area contributed by atoms with Crippen LogP contribution in [0.4, 0.5) is 0 Å². The molecule has 3 fully saturated rings. The van der Waals surface area contributed by atoms with E-state index in [4.69, 9.17) is 8.92 Å². The fourth-order valence-electron chi connectivity index (χ4n) is 4.71. The molecule has 0 aromatic rings. The van der Waals surface area contributed by atoms with Gasteiger partial charge in [0, 0.05) is 11.8 Å².